The Balaban J connectivity index is 2.27. The largest absolute Gasteiger partial charge is 0.497 e. The van der Waals surface area contributed by atoms with Crippen molar-refractivity contribution in [1.82, 2.24) is 4.98 Å². The maximum atomic E-state index is 10.2. The van der Waals surface area contributed by atoms with Gasteiger partial charge < -0.3 is 9.84 Å². The molecule has 0 fully saturated rings. The van der Waals surface area contributed by atoms with Gasteiger partial charge in [0.2, 0.25) is 0 Å². The van der Waals surface area contributed by atoms with Gasteiger partial charge in [-0.2, -0.15) is 0 Å². The molecule has 1 aromatic carbocycles. The molecule has 2 rings (SSSR count). The number of aryl methyl sites for hydroxylation is 1. The summed E-state index contributed by atoms with van der Waals surface area (Å²) in [7, 11) is 1.62. The highest BCUT2D eigenvalue weighted by atomic mass is 16.5. The molecule has 0 spiro atoms. The zero-order valence-electron chi connectivity index (χ0n) is 9.92. The first-order valence-corrected chi connectivity index (χ1v) is 5.45. The Bertz CT molecular complexity index is 494. The average Bonchev–Trinajstić information content (AvgIpc) is 2.38. The summed E-state index contributed by atoms with van der Waals surface area (Å²) >= 11 is 0. The minimum atomic E-state index is -0.694. The van der Waals surface area contributed by atoms with Gasteiger partial charge in [-0.1, -0.05) is 12.1 Å². The highest BCUT2D eigenvalue weighted by Gasteiger charge is 2.11. The van der Waals surface area contributed by atoms with E-state index >= 15 is 0 Å². The van der Waals surface area contributed by atoms with Crippen LogP contribution in [0, 0.1) is 6.92 Å². The summed E-state index contributed by atoms with van der Waals surface area (Å²) in [5.74, 6) is 0.776. The van der Waals surface area contributed by atoms with Gasteiger partial charge in [-0.15, -0.1) is 0 Å². The number of ether oxygens (including phenoxy) is 1. The molecule has 3 heteroatoms. The summed E-state index contributed by atoms with van der Waals surface area (Å²) in [6, 6.07) is 11.1. The maximum absolute atomic E-state index is 10.2. The van der Waals surface area contributed by atoms with Crippen molar-refractivity contribution >= 4 is 0 Å². The third kappa shape index (κ3) is 2.63. The van der Waals surface area contributed by atoms with E-state index in [0.717, 1.165) is 16.9 Å². The Kier molecular flexibility index (Phi) is 3.40. The highest BCUT2D eigenvalue weighted by molar-refractivity contribution is 5.32. The first-order chi connectivity index (χ1) is 8.20. The van der Waals surface area contributed by atoms with Gasteiger partial charge in [-0.05, 0) is 42.3 Å². The normalized spacial score (nSPS) is 12.2. The molecule has 1 unspecified atom stereocenters. The third-order valence-electron chi connectivity index (χ3n) is 2.65. The van der Waals surface area contributed by atoms with Crippen LogP contribution in [0.3, 0.4) is 0 Å². The second-order valence-electron chi connectivity index (χ2n) is 3.93. The number of pyridine rings is 1. The Morgan fingerprint density at radius 2 is 1.88 bits per heavy atom. The number of hydrogen-bond donors (Lipinski definition) is 1. The molecule has 17 heavy (non-hydrogen) atoms. The summed E-state index contributed by atoms with van der Waals surface area (Å²) in [5, 5.41) is 10.2. The van der Waals surface area contributed by atoms with E-state index in [2.05, 4.69) is 4.98 Å². The van der Waals surface area contributed by atoms with Gasteiger partial charge in [0.25, 0.3) is 0 Å². The van der Waals surface area contributed by atoms with Crippen LogP contribution in [0.2, 0.25) is 0 Å². The van der Waals surface area contributed by atoms with Gasteiger partial charge in [0, 0.05) is 6.20 Å². The fraction of sp³-hybridized carbons (Fsp3) is 0.214. The van der Waals surface area contributed by atoms with Crippen molar-refractivity contribution in [1.29, 1.82) is 0 Å². The number of aromatic nitrogens is 1. The molecule has 1 heterocycles. The summed E-state index contributed by atoms with van der Waals surface area (Å²) in [6.45, 7) is 1.98. The van der Waals surface area contributed by atoms with Gasteiger partial charge >= 0.3 is 0 Å². The predicted molar refractivity (Wildman–Crippen MR) is 66.0 cm³/mol. The standard InChI is InChI=1S/C14H15NO2/c1-10-7-8-15-13(9-10)14(16)11-3-5-12(17-2)6-4-11/h3-9,14,16H,1-2H3. The predicted octanol–water partition coefficient (Wildman–Crippen LogP) is 2.48. The number of rotatable bonds is 3. The molecule has 0 saturated heterocycles. The Morgan fingerprint density at radius 3 is 2.47 bits per heavy atom. The number of benzene rings is 1. The average molecular weight is 229 g/mol. The fourth-order valence-electron chi connectivity index (χ4n) is 1.67. The summed E-state index contributed by atoms with van der Waals surface area (Å²) in [6.07, 6.45) is 1.01. The molecule has 1 atom stereocenters. The van der Waals surface area contributed by atoms with E-state index < -0.39 is 6.10 Å². The molecule has 1 N–H and O–H groups in total. The van der Waals surface area contributed by atoms with Crippen LogP contribution >= 0.6 is 0 Å². The lowest BCUT2D eigenvalue weighted by Crippen LogP contribution is -2.02. The van der Waals surface area contributed by atoms with E-state index in [1.807, 2.05) is 43.3 Å². The van der Waals surface area contributed by atoms with Crippen molar-refractivity contribution in [3.05, 3.63) is 59.4 Å². The minimum absolute atomic E-state index is 0.662. The van der Waals surface area contributed by atoms with Crippen molar-refractivity contribution in [2.45, 2.75) is 13.0 Å². The first kappa shape index (κ1) is 11.6. The minimum Gasteiger partial charge on any atom is -0.497 e. The number of aliphatic hydroxyl groups is 1. The van der Waals surface area contributed by atoms with Crippen LogP contribution in [0.1, 0.15) is 22.9 Å². The van der Waals surface area contributed by atoms with Crippen molar-refractivity contribution < 1.29 is 9.84 Å². The van der Waals surface area contributed by atoms with E-state index in [9.17, 15) is 5.11 Å². The highest BCUT2D eigenvalue weighted by Crippen LogP contribution is 2.22. The molecule has 0 aliphatic heterocycles. The second kappa shape index (κ2) is 4.97. The van der Waals surface area contributed by atoms with E-state index in [1.165, 1.54) is 0 Å². The van der Waals surface area contributed by atoms with Gasteiger partial charge in [-0.3, -0.25) is 4.98 Å². The number of methoxy groups -OCH3 is 1. The van der Waals surface area contributed by atoms with E-state index in [0.29, 0.717) is 5.69 Å². The number of hydrogen-bond acceptors (Lipinski definition) is 3. The molecule has 3 nitrogen and oxygen atoms in total. The van der Waals surface area contributed by atoms with E-state index in [-0.39, 0.29) is 0 Å². The third-order valence-corrected chi connectivity index (χ3v) is 2.65. The van der Waals surface area contributed by atoms with E-state index in [1.54, 1.807) is 13.3 Å². The Hall–Kier alpha value is -1.87. The van der Waals surface area contributed by atoms with Crippen LogP contribution in [0.5, 0.6) is 5.75 Å². The molecule has 0 saturated carbocycles. The molecule has 2 aromatic rings. The van der Waals surface area contributed by atoms with Crippen LogP contribution in [0.4, 0.5) is 0 Å². The van der Waals surface area contributed by atoms with E-state index in [4.69, 9.17) is 4.74 Å². The fourth-order valence-corrected chi connectivity index (χ4v) is 1.67. The molecule has 88 valence electrons. The Morgan fingerprint density at radius 1 is 1.18 bits per heavy atom. The molecule has 0 amide bonds. The molecule has 1 aromatic heterocycles. The second-order valence-corrected chi connectivity index (χ2v) is 3.93. The monoisotopic (exact) mass is 229 g/mol. The van der Waals surface area contributed by atoms with Crippen molar-refractivity contribution in [3.8, 4) is 5.75 Å². The Labute approximate surface area is 101 Å². The van der Waals surface area contributed by atoms with Gasteiger partial charge in [-0.25, -0.2) is 0 Å². The zero-order valence-corrected chi connectivity index (χ0v) is 9.92. The molecular formula is C14H15NO2. The summed E-state index contributed by atoms with van der Waals surface area (Å²) in [4.78, 5) is 4.18. The molecule has 0 radical (unpaired) electrons. The SMILES string of the molecule is COc1ccc(C(O)c2cc(C)ccn2)cc1. The van der Waals surface area contributed by atoms with Crippen molar-refractivity contribution in [2.24, 2.45) is 0 Å². The molecular weight excluding hydrogens is 214 g/mol. The van der Waals surface area contributed by atoms with Crippen molar-refractivity contribution in [3.63, 3.8) is 0 Å². The van der Waals surface area contributed by atoms with Gasteiger partial charge in [0.1, 0.15) is 11.9 Å². The smallest absolute Gasteiger partial charge is 0.121 e. The summed E-state index contributed by atoms with van der Waals surface area (Å²) < 4.78 is 5.08. The number of nitrogens with zero attached hydrogens (tertiary/aromatic N) is 1. The van der Waals surface area contributed by atoms with Gasteiger partial charge in [0.15, 0.2) is 0 Å². The lowest BCUT2D eigenvalue weighted by Gasteiger charge is -2.11. The van der Waals surface area contributed by atoms with Crippen LogP contribution < -0.4 is 4.74 Å². The molecule has 0 bridgehead atoms. The van der Waals surface area contributed by atoms with Crippen LogP contribution in [0.15, 0.2) is 42.6 Å². The topological polar surface area (TPSA) is 42.4 Å². The lowest BCUT2D eigenvalue weighted by molar-refractivity contribution is 0.215. The zero-order chi connectivity index (χ0) is 12.3. The van der Waals surface area contributed by atoms with Crippen LogP contribution in [-0.2, 0) is 0 Å². The quantitative estimate of drug-likeness (QED) is 0.879. The maximum Gasteiger partial charge on any atom is 0.121 e. The van der Waals surface area contributed by atoms with Gasteiger partial charge in [0.05, 0.1) is 12.8 Å². The van der Waals surface area contributed by atoms with Crippen LogP contribution in [0.25, 0.3) is 0 Å². The number of aliphatic hydroxyl groups excluding tert-OH is 1. The first-order valence-electron chi connectivity index (χ1n) is 5.45. The summed E-state index contributed by atoms with van der Waals surface area (Å²) in [5.41, 5.74) is 2.56. The molecule has 0 aliphatic carbocycles. The lowest BCUT2D eigenvalue weighted by atomic mass is 10.0. The van der Waals surface area contributed by atoms with Crippen LogP contribution in [-0.4, -0.2) is 17.2 Å². The van der Waals surface area contributed by atoms with Crippen molar-refractivity contribution in [2.75, 3.05) is 7.11 Å². The molecule has 0 aliphatic rings.